The highest BCUT2D eigenvalue weighted by molar-refractivity contribution is 5.75. The van der Waals surface area contributed by atoms with Gasteiger partial charge in [0.2, 0.25) is 0 Å². The fraction of sp³-hybridized carbons (Fsp3) is 0.208. The molecule has 0 spiro atoms. The van der Waals surface area contributed by atoms with Crippen molar-refractivity contribution in [3.63, 3.8) is 0 Å². The van der Waals surface area contributed by atoms with Gasteiger partial charge in [0, 0.05) is 12.7 Å². The van der Waals surface area contributed by atoms with Gasteiger partial charge in [-0.3, -0.25) is 0 Å². The zero-order valence-corrected chi connectivity index (χ0v) is 16.6. The molecular weight excluding hydrogens is 367 g/mol. The lowest BCUT2D eigenvalue weighted by molar-refractivity contribution is 0.00199. The van der Waals surface area contributed by atoms with Crippen LogP contribution in [-0.4, -0.2) is 19.7 Å². The third-order valence-corrected chi connectivity index (χ3v) is 5.02. The number of nitrogens with one attached hydrogen (secondary N) is 2. The van der Waals surface area contributed by atoms with E-state index in [2.05, 4.69) is 10.6 Å². The van der Waals surface area contributed by atoms with Gasteiger partial charge in [-0.25, -0.2) is 9.18 Å². The predicted molar refractivity (Wildman–Crippen MR) is 112 cm³/mol. The van der Waals surface area contributed by atoms with Crippen LogP contribution < -0.4 is 10.6 Å². The van der Waals surface area contributed by atoms with E-state index in [1.165, 1.54) is 13.2 Å². The fourth-order valence-electron chi connectivity index (χ4n) is 3.25. The number of carbonyl (C=O) groups is 1. The van der Waals surface area contributed by atoms with Gasteiger partial charge in [0.05, 0.1) is 12.6 Å². The van der Waals surface area contributed by atoms with Gasteiger partial charge < -0.3 is 15.4 Å². The lowest BCUT2D eigenvalue weighted by atomic mass is 9.95. The van der Waals surface area contributed by atoms with Gasteiger partial charge in [0.15, 0.2) is 0 Å². The van der Waals surface area contributed by atoms with E-state index in [0.717, 1.165) is 11.1 Å². The molecule has 5 heteroatoms. The zero-order valence-electron chi connectivity index (χ0n) is 16.6. The number of hydrogen-bond acceptors (Lipinski definition) is 2. The average Bonchev–Trinajstić information content (AvgIpc) is 2.77. The van der Waals surface area contributed by atoms with Gasteiger partial charge in [0.25, 0.3) is 0 Å². The van der Waals surface area contributed by atoms with Crippen LogP contribution in [-0.2, 0) is 10.3 Å². The van der Waals surface area contributed by atoms with Crippen molar-refractivity contribution in [2.24, 2.45) is 0 Å². The number of methoxy groups -OCH3 is 1. The molecule has 0 aliphatic heterocycles. The van der Waals surface area contributed by atoms with Gasteiger partial charge in [-0.15, -0.1) is 0 Å². The summed E-state index contributed by atoms with van der Waals surface area (Å²) in [7, 11) is 1.50. The highest BCUT2D eigenvalue weighted by Gasteiger charge is 2.30. The van der Waals surface area contributed by atoms with Gasteiger partial charge in [-0.05, 0) is 24.1 Å². The second kappa shape index (κ2) is 9.34. The van der Waals surface area contributed by atoms with Crippen molar-refractivity contribution >= 4 is 6.03 Å². The Bertz CT molecular complexity index is 894. The van der Waals surface area contributed by atoms with Crippen LogP contribution in [0.2, 0.25) is 0 Å². The summed E-state index contributed by atoms with van der Waals surface area (Å²) in [5.41, 5.74) is 1.35. The first-order valence-corrected chi connectivity index (χ1v) is 9.48. The van der Waals surface area contributed by atoms with Crippen LogP contribution in [0.25, 0.3) is 0 Å². The largest absolute Gasteiger partial charge is 0.372 e. The highest BCUT2D eigenvalue weighted by atomic mass is 19.1. The molecule has 3 aromatic rings. The van der Waals surface area contributed by atoms with Crippen LogP contribution in [0.3, 0.4) is 0 Å². The summed E-state index contributed by atoms with van der Waals surface area (Å²) in [5, 5.41) is 5.84. The molecule has 150 valence electrons. The molecule has 0 aromatic heterocycles. The highest BCUT2D eigenvalue weighted by Crippen LogP contribution is 2.26. The predicted octanol–water partition coefficient (Wildman–Crippen LogP) is 4.78. The molecule has 0 aliphatic carbocycles. The van der Waals surface area contributed by atoms with Crippen LogP contribution in [0.5, 0.6) is 0 Å². The number of halogens is 1. The number of ether oxygens (including phenoxy) is 1. The molecule has 0 aliphatic rings. The third kappa shape index (κ3) is 5.00. The smallest absolute Gasteiger partial charge is 0.315 e. The number of carbonyl (C=O) groups excluding carboxylic acids is 1. The van der Waals surface area contributed by atoms with E-state index in [1.54, 1.807) is 25.1 Å². The van der Waals surface area contributed by atoms with Crippen molar-refractivity contribution in [1.29, 1.82) is 0 Å². The number of urea groups is 1. The lowest BCUT2D eigenvalue weighted by Gasteiger charge is -2.30. The molecule has 0 fully saturated rings. The summed E-state index contributed by atoms with van der Waals surface area (Å²) < 4.78 is 19.8. The molecule has 0 radical (unpaired) electrons. The van der Waals surface area contributed by atoms with Gasteiger partial charge >= 0.3 is 6.03 Å². The van der Waals surface area contributed by atoms with Crippen molar-refractivity contribution in [3.8, 4) is 0 Å². The molecule has 3 rings (SSSR count). The summed E-state index contributed by atoms with van der Waals surface area (Å²) in [6.07, 6.45) is 0. The Balaban J connectivity index is 1.74. The molecule has 29 heavy (non-hydrogen) atoms. The molecule has 1 atom stereocenters. The van der Waals surface area contributed by atoms with Crippen molar-refractivity contribution in [1.82, 2.24) is 10.6 Å². The van der Waals surface area contributed by atoms with Crippen LogP contribution in [0.15, 0.2) is 84.9 Å². The van der Waals surface area contributed by atoms with Gasteiger partial charge in [-0.1, -0.05) is 78.9 Å². The molecule has 1 unspecified atom stereocenters. The summed E-state index contributed by atoms with van der Waals surface area (Å²) in [6, 6.07) is 25.2. The van der Waals surface area contributed by atoms with Crippen LogP contribution in [0, 0.1) is 5.82 Å². The van der Waals surface area contributed by atoms with Crippen LogP contribution in [0.4, 0.5) is 9.18 Å². The molecule has 0 heterocycles. The minimum atomic E-state index is -0.988. The Labute approximate surface area is 170 Å². The maximum absolute atomic E-state index is 14.2. The third-order valence-electron chi connectivity index (χ3n) is 5.02. The second-order valence-electron chi connectivity index (χ2n) is 7.00. The van der Waals surface area contributed by atoms with Gasteiger partial charge in [-0.2, -0.15) is 0 Å². The van der Waals surface area contributed by atoms with Gasteiger partial charge in [0.1, 0.15) is 11.4 Å². The van der Waals surface area contributed by atoms with E-state index in [1.807, 2.05) is 60.7 Å². The van der Waals surface area contributed by atoms with Crippen molar-refractivity contribution in [2.75, 3.05) is 13.7 Å². The molecule has 0 saturated heterocycles. The SMILES string of the molecule is COC(C)(CNC(=O)NC(c1ccccc1)c1ccccc1)c1ccccc1F. The molecule has 0 bridgehead atoms. The zero-order chi connectivity index (χ0) is 20.7. The van der Waals surface area contributed by atoms with E-state index in [4.69, 9.17) is 4.74 Å². The Hall–Kier alpha value is -3.18. The van der Waals surface area contributed by atoms with E-state index < -0.39 is 5.60 Å². The fourth-order valence-corrected chi connectivity index (χ4v) is 3.25. The minimum absolute atomic E-state index is 0.118. The number of rotatable bonds is 7. The Morgan fingerprint density at radius 2 is 1.45 bits per heavy atom. The first-order chi connectivity index (χ1) is 14.0. The number of hydrogen-bond donors (Lipinski definition) is 2. The minimum Gasteiger partial charge on any atom is -0.372 e. The van der Waals surface area contributed by atoms with E-state index in [9.17, 15) is 9.18 Å². The maximum Gasteiger partial charge on any atom is 0.315 e. The van der Waals surface area contributed by atoms with Crippen molar-refractivity contribution < 1.29 is 13.9 Å². The van der Waals surface area contributed by atoms with Crippen molar-refractivity contribution in [2.45, 2.75) is 18.6 Å². The molecule has 3 aromatic carbocycles. The molecule has 0 saturated carbocycles. The summed E-state index contributed by atoms with van der Waals surface area (Å²) in [6.45, 7) is 1.87. The second-order valence-corrected chi connectivity index (χ2v) is 7.00. The van der Waals surface area contributed by atoms with Crippen LogP contribution >= 0.6 is 0 Å². The van der Waals surface area contributed by atoms with Crippen molar-refractivity contribution in [3.05, 3.63) is 107 Å². The van der Waals surface area contributed by atoms with E-state index >= 15 is 0 Å². The first kappa shape index (κ1) is 20.6. The average molecular weight is 392 g/mol. The maximum atomic E-state index is 14.2. The Kier molecular flexibility index (Phi) is 6.62. The molecule has 2 N–H and O–H groups in total. The summed E-state index contributed by atoms with van der Waals surface area (Å²) in [4.78, 5) is 12.7. The number of amides is 2. The molecule has 2 amide bonds. The standard InChI is InChI=1S/C24H25FN2O2/c1-24(29-2,20-15-9-10-16-21(20)25)17-26-23(28)27-22(18-11-5-3-6-12-18)19-13-7-4-8-14-19/h3-16,22H,17H2,1-2H3,(H2,26,27,28). The lowest BCUT2D eigenvalue weighted by Crippen LogP contribution is -2.45. The molecular formula is C24H25FN2O2. The van der Waals surface area contributed by atoms with E-state index in [-0.39, 0.29) is 24.4 Å². The normalized spacial score (nSPS) is 13.0. The first-order valence-electron chi connectivity index (χ1n) is 9.48. The Morgan fingerprint density at radius 1 is 0.931 bits per heavy atom. The molecule has 4 nitrogen and oxygen atoms in total. The topological polar surface area (TPSA) is 50.4 Å². The summed E-state index contributed by atoms with van der Waals surface area (Å²) in [5.74, 6) is -0.370. The Morgan fingerprint density at radius 3 is 1.97 bits per heavy atom. The van der Waals surface area contributed by atoms with Crippen LogP contribution in [0.1, 0.15) is 29.7 Å². The quantitative estimate of drug-likeness (QED) is 0.608. The number of benzene rings is 3. The summed E-state index contributed by atoms with van der Waals surface area (Å²) >= 11 is 0. The monoisotopic (exact) mass is 392 g/mol. The van der Waals surface area contributed by atoms with E-state index in [0.29, 0.717) is 5.56 Å².